The SMILES string of the molecule is CC(=O)NC[C@H]1CN(c2ccc(-c3ccc(CNCCc4scnc4C)cc3)c(F)c2)C(=O)O1. The Balaban J connectivity index is 1.34. The van der Waals surface area contributed by atoms with Crippen LogP contribution in [0.15, 0.2) is 48.0 Å². The van der Waals surface area contributed by atoms with Crippen molar-refractivity contribution in [3.05, 3.63) is 69.9 Å². The number of carbonyl (C=O) groups excluding carboxylic acids is 2. The Kier molecular flexibility index (Phi) is 7.54. The smallest absolute Gasteiger partial charge is 0.414 e. The molecule has 0 bridgehead atoms. The van der Waals surface area contributed by atoms with Crippen LogP contribution in [0.25, 0.3) is 11.1 Å². The highest BCUT2D eigenvalue weighted by atomic mass is 32.1. The Hall–Kier alpha value is -3.30. The van der Waals surface area contributed by atoms with Crippen LogP contribution in [0.3, 0.4) is 0 Å². The molecule has 2 N–H and O–H groups in total. The molecule has 1 aromatic heterocycles. The standard InChI is InChI=1S/C25H27FN4O3S/c1-16-24(34-15-29-16)9-10-27-12-18-3-5-19(6-4-18)22-8-7-20(11-23(22)26)30-14-21(33-25(30)32)13-28-17(2)31/h3-8,11,15,21,27H,9-10,12-14H2,1-2H3,(H,28,31)/t21-/m0/s1. The number of aryl methyl sites for hydroxylation is 1. The average molecular weight is 483 g/mol. The first-order valence-corrected chi connectivity index (χ1v) is 12.0. The quantitative estimate of drug-likeness (QED) is 0.450. The van der Waals surface area contributed by atoms with Crippen molar-refractivity contribution in [2.24, 2.45) is 0 Å². The van der Waals surface area contributed by atoms with E-state index in [0.717, 1.165) is 36.3 Å². The molecule has 0 radical (unpaired) electrons. The molecule has 1 aliphatic rings. The maximum atomic E-state index is 14.9. The number of aromatic nitrogens is 1. The van der Waals surface area contributed by atoms with E-state index in [1.807, 2.05) is 36.7 Å². The second kappa shape index (κ2) is 10.8. The van der Waals surface area contributed by atoms with Gasteiger partial charge in [0.1, 0.15) is 11.9 Å². The number of thiazole rings is 1. The van der Waals surface area contributed by atoms with Gasteiger partial charge in [0.05, 0.1) is 30.0 Å². The van der Waals surface area contributed by atoms with Crippen molar-refractivity contribution in [3.8, 4) is 11.1 Å². The van der Waals surface area contributed by atoms with Crippen molar-refractivity contribution in [2.75, 3.05) is 24.5 Å². The number of ether oxygens (including phenoxy) is 1. The highest BCUT2D eigenvalue weighted by Gasteiger charge is 2.32. The number of hydrogen-bond donors (Lipinski definition) is 2. The van der Waals surface area contributed by atoms with E-state index >= 15 is 0 Å². The summed E-state index contributed by atoms with van der Waals surface area (Å²) in [5.74, 6) is -0.612. The lowest BCUT2D eigenvalue weighted by Crippen LogP contribution is -2.33. The van der Waals surface area contributed by atoms with Gasteiger partial charge >= 0.3 is 6.09 Å². The Morgan fingerprint density at radius 2 is 2.06 bits per heavy atom. The van der Waals surface area contributed by atoms with E-state index in [1.165, 1.54) is 22.8 Å². The van der Waals surface area contributed by atoms with Gasteiger partial charge in [-0.25, -0.2) is 14.2 Å². The van der Waals surface area contributed by atoms with Gasteiger partial charge in [0.15, 0.2) is 0 Å². The molecule has 34 heavy (non-hydrogen) atoms. The summed E-state index contributed by atoms with van der Waals surface area (Å²) in [6, 6.07) is 12.5. The molecule has 0 unspecified atom stereocenters. The molecule has 9 heteroatoms. The molecule has 0 spiro atoms. The van der Waals surface area contributed by atoms with Crippen molar-refractivity contribution < 1.29 is 18.7 Å². The predicted molar refractivity (Wildman–Crippen MR) is 130 cm³/mol. The molecule has 1 aliphatic heterocycles. The number of benzene rings is 2. The number of carbonyl (C=O) groups is 2. The molecule has 2 heterocycles. The van der Waals surface area contributed by atoms with Crippen LogP contribution in [0, 0.1) is 12.7 Å². The monoisotopic (exact) mass is 482 g/mol. The van der Waals surface area contributed by atoms with E-state index in [2.05, 4.69) is 15.6 Å². The summed E-state index contributed by atoms with van der Waals surface area (Å²) in [6.07, 6.45) is -0.0684. The zero-order valence-corrected chi connectivity index (χ0v) is 20.0. The molecule has 1 fully saturated rings. The summed E-state index contributed by atoms with van der Waals surface area (Å²) in [5.41, 5.74) is 5.74. The lowest BCUT2D eigenvalue weighted by atomic mass is 10.0. The van der Waals surface area contributed by atoms with Crippen molar-refractivity contribution in [2.45, 2.75) is 32.9 Å². The summed E-state index contributed by atoms with van der Waals surface area (Å²) in [5, 5.41) is 6.06. The minimum absolute atomic E-state index is 0.197. The van der Waals surface area contributed by atoms with Crippen molar-refractivity contribution in [1.82, 2.24) is 15.6 Å². The normalized spacial score (nSPS) is 15.4. The number of rotatable bonds is 9. The van der Waals surface area contributed by atoms with Crippen molar-refractivity contribution in [3.63, 3.8) is 0 Å². The number of amides is 2. The maximum Gasteiger partial charge on any atom is 0.414 e. The third-order valence-corrected chi connectivity index (χ3v) is 6.68. The summed E-state index contributed by atoms with van der Waals surface area (Å²) in [4.78, 5) is 30.2. The molecule has 1 atom stereocenters. The molecule has 3 aromatic rings. The van der Waals surface area contributed by atoms with Gasteiger partial charge in [-0.05, 0) is 42.7 Å². The number of hydrogen-bond acceptors (Lipinski definition) is 6. The molecule has 4 rings (SSSR count). The Bertz CT molecular complexity index is 1170. The van der Waals surface area contributed by atoms with Gasteiger partial charge in [-0.1, -0.05) is 24.3 Å². The lowest BCUT2D eigenvalue weighted by molar-refractivity contribution is -0.119. The minimum atomic E-state index is -0.551. The van der Waals surface area contributed by atoms with Crippen molar-refractivity contribution >= 4 is 29.0 Å². The van der Waals surface area contributed by atoms with Crippen LogP contribution in [0.4, 0.5) is 14.9 Å². The van der Waals surface area contributed by atoms with Gasteiger partial charge in [-0.3, -0.25) is 9.69 Å². The first kappa shape index (κ1) is 23.8. The van der Waals surface area contributed by atoms with Crippen LogP contribution >= 0.6 is 11.3 Å². The number of anilines is 1. The lowest BCUT2D eigenvalue weighted by Gasteiger charge is -2.15. The predicted octanol–water partition coefficient (Wildman–Crippen LogP) is 4.05. The molecule has 1 saturated heterocycles. The third-order valence-electron chi connectivity index (χ3n) is 5.68. The zero-order chi connectivity index (χ0) is 24.1. The molecule has 2 aromatic carbocycles. The van der Waals surface area contributed by atoms with Crippen LogP contribution in [-0.2, 0) is 22.5 Å². The van der Waals surface area contributed by atoms with Crippen LogP contribution in [0.2, 0.25) is 0 Å². The second-order valence-corrected chi connectivity index (χ2v) is 9.14. The fourth-order valence-corrected chi connectivity index (χ4v) is 4.59. The largest absolute Gasteiger partial charge is 0.442 e. The van der Waals surface area contributed by atoms with Gasteiger partial charge in [0.2, 0.25) is 5.91 Å². The number of cyclic esters (lactones) is 1. The first-order chi connectivity index (χ1) is 16.4. The highest BCUT2D eigenvalue weighted by Crippen LogP contribution is 2.29. The van der Waals surface area contributed by atoms with Crippen LogP contribution in [0.5, 0.6) is 0 Å². The number of nitrogens with one attached hydrogen (secondary N) is 2. The van der Waals surface area contributed by atoms with Gasteiger partial charge in [0, 0.05) is 30.5 Å². The number of halogens is 1. The second-order valence-electron chi connectivity index (χ2n) is 8.20. The Labute approximate surface area is 202 Å². The van der Waals surface area contributed by atoms with Crippen LogP contribution < -0.4 is 15.5 Å². The molecular weight excluding hydrogens is 455 g/mol. The topological polar surface area (TPSA) is 83.6 Å². The highest BCUT2D eigenvalue weighted by molar-refractivity contribution is 7.09. The van der Waals surface area contributed by atoms with E-state index in [0.29, 0.717) is 11.3 Å². The summed E-state index contributed by atoms with van der Waals surface area (Å²) >= 11 is 1.68. The summed E-state index contributed by atoms with van der Waals surface area (Å²) in [6.45, 7) is 5.50. The fourth-order valence-electron chi connectivity index (χ4n) is 3.81. The van der Waals surface area contributed by atoms with Gasteiger partial charge < -0.3 is 15.4 Å². The molecular formula is C25H27FN4O3S. The van der Waals surface area contributed by atoms with E-state index in [9.17, 15) is 14.0 Å². The van der Waals surface area contributed by atoms with Gasteiger partial charge in [-0.2, -0.15) is 0 Å². The molecule has 178 valence electrons. The fraction of sp³-hybridized carbons (Fsp3) is 0.320. The van der Waals surface area contributed by atoms with Crippen molar-refractivity contribution in [1.29, 1.82) is 0 Å². The number of nitrogens with zero attached hydrogens (tertiary/aromatic N) is 2. The maximum absolute atomic E-state index is 14.9. The van der Waals surface area contributed by atoms with Crippen LogP contribution in [0.1, 0.15) is 23.1 Å². The van der Waals surface area contributed by atoms with E-state index in [1.54, 1.807) is 23.5 Å². The summed E-state index contributed by atoms with van der Waals surface area (Å²) < 4.78 is 20.2. The van der Waals surface area contributed by atoms with E-state index < -0.39 is 18.0 Å². The first-order valence-electron chi connectivity index (χ1n) is 11.1. The average Bonchev–Trinajstić information content (AvgIpc) is 3.40. The van der Waals surface area contributed by atoms with Gasteiger partial charge in [-0.15, -0.1) is 11.3 Å². The van der Waals surface area contributed by atoms with Crippen LogP contribution in [-0.4, -0.2) is 42.7 Å². The van der Waals surface area contributed by atoms with E-state index in [4.69, 9.17) is 4.74 Å². The minimum Gasteiger partial charge on any atom is -0.442 e. The summed E-state index contributed by atoms with van der Waals surface area (Å²) in [7, 11) is 0. The Morgan fingerprint density at radius 3 is 2.74 bits per heavy atom. The third kappa shape index (κ3) is 5.78. The Morgan fingerprint density at radius 1 is 1.26 bits per heavy atom. The molecule has 7 nitrogen and oxygen atoms in total. The molecule has 2 amide bonds. The zero-order valence-electron chi connectivity index (χ0n) is 19.1. The van der Waals surface area contributed by atoms with E-state index in [-0.39, 0.29) is 19.0 Å². The van der Waals surface area contributed by atoms with Gasteiger partial charge in [0.25, 0.3) is 0 Å². The molecule has 0 aliphatic carbocycles. The molecule has 0 saturated carbocycles.